The minimum absolute atomic E-state index is 0.0881. The number of amides is 1. The van der Waals surface area contributed by atoms with Crippen molar-refractivity contribution in [1.82, 2.24) is 15.1 Å². The largest absolute Gasteiger partial charge is 0.410 e. The van der Waals surface area contributed by atoms with Gasteiger partial charge in [-0.2, -0.15) is 18.3 Å². The number of alkyl halides is 3. The molecule has 1 aliphatic heterocycles. The highest BCUT2D eigenvalue weighted by Gasteiger charge is 2.46. The summed E-state index contributed by atoms with van der Waals surface area (Å²) in [7, 11) is 0. The first-order valence-electron chi connectivity index (χ1n) is 9.41. The van der Waals surface area contributed by atoms with Crippen molar-refractivity contribution < 1.29 is 22.4 Å². The van der Waals surface area contributed by atoms with Crippen molar-refractivity contribution in [2.75, 3.05) is 5.32 Å². The topological polar surface area (TPSA) is 59.0 Å². The molecule has 5 nitrogen and oxygen atoms in total. The molecule has 4 rings (SSSR count). The molecule has 3 aromatic rings. The van der Waals surface area contributed by atoms with Crippen LogP contribution in [0.4, 0.5) is 23.4 Å². The lowest BCUT2D eigenvalue weighted by Gasteiger charge is -2.33. The Hall–Kier alpha value is -3.07. The number of aromatic nitrogens is 2. The van der Waals surface area contributed by atoms with Gasteiger partial charge in [0.15, 0.2) is 11.7 Å². The van der Waals surface area contributed by atoms with E-state index in [0.717, 1.165) is 4.68 Å². The summed E-state index contributed by atoms with van der Waals surface area (Å²) in [5, 5.41) is 10.0. The van der Waals surface area contributed by atoms with E-state index >= 15 is 0 Å². The van der Waals surface area contributed by atoms with Gasteiger partial charge in [0.05, 0.1) is 6.04 Å². The molecule has 2 N–H and O–H groups in total. The first-order valence-corrected chi connectivity index (χ1v) is 9.79. The number of hydrogen-bond donors (Lipinski definition) is 2. The minimum Gasteiger partial charge on any atom is -0.363 e. The van der Waals surface area contributed by atoms with E-state index in [4.69, 9.17) is 11.6 Å². The van der Waals surface area contributed by atoms with Crippen LogP contribution in [0.2, 0.25) is 5.02 Å². The average molecular weight is 453 g/mol. The average Bonchev–Trinajstić information content (AvgIpc) is 3.16. The fourth-order valence-electron chi connectivity index (χ4n) is 3.47. The predicted molar refractivity (Wildman–Crippen MR) is 107 cm³/mol. The second-order valence-electron chi connectivity index (χ2n) is 7.21. The Morgan fingerprint density at radius 2 is 1.84 bits per heavy atom. The fourth-order valence-corrected chi connectivity index (χ4v) is 3.60. The zero-order valence-electron chi connectivity index (χ0n) is 16.0. The molecule has 2 heterocycles. The Balaban J connectivity index is 1.56. The Kier molecular flexibility index (Phi) is 5.62. The molecule has 2 atom stereocenters. The summed E-state index contributed by atoms with van der Waals surface area (Å²) >= 11 is 5.88. The summed E-state index contributed by atoms with van der Waals surface area (Å²) < 4.78 is 55.0. The van der Waals surface area contributed by atoms with Crippen molar-refractivity contribution in [2.24, 2.45) is 0 Å². The number of nitrogens with zero attached hydrogens (tertiary/aromatic N) is 2. The summed E-state index contributed by atoms with van der Waals surface area (Å²) in [5.74, 6) is -0.936. The second-order valence-corrected chi connectivity index (χ2v) is 7.65. The number of nitrogens with one attached hydrogen (secondary N) is 2. The van der Waals surface area contributed by atoms with Crippen LogP contribution in [0.25, 0.3) is 0 Å². The molecule has 0 fully saturated rings. The molecule has 0 saturated heterocycles. The molecule has 0 radical (unpaired) electrons. The number of fused-ring (bicyclic) bond motifs is 1. The molecule has 10 heteroatoms. The maximum absolute atomic E-state index is 13.7. The van der Waals surface area contributed by atoms with Crippen LogP contribution in [0.5, 0.6) is 0 Å². The maximum Gasteiger partial charge on any atom is 0.410 e. The van der Waals surface area contributed by atoms with E-state index in [0.29, 0.717) is 16.1 Å². The van der Waals surface area contributed by atoms with Gasteiger partial charge >= 0.3 is 6.18 Å². The van der Waals surface area contributed by atoms with Gasteiger partial charge in [-0.25, -0.2) is 9.07 Å². The monoisotopic (exact) mass is 452 g/mol. The lowest BCUT2D eigenvalue weighted by atomic mass is 9.97. The first kappa shape index (κ1) is 21.2. The minimum atomic E-state index is -4.55. The van der Waals surface area contributed by atoms with Gasteiger partial charge in [-0.05, 0) is 35.4 Å². The number of hydrogen-bond acceptors (Lipinski definition) is 3. The van der Waals surface area contributed by atoms with Crippen molar-refractivity contribution in [1.29, 1.82) is 0 Å². The van der Waals surface area contributed by atoms with Gasteiger partial charge in [0, 0.05) is 24.1 Å². The van der Waals surface area contributed by atoms with Crippen LogP contribution in [0.3, 0.4) is 0 Å². The first-order chi connectivity index (χ1) is 14.7. The number of anilines is 1. The summed E-state index contributed by atoms with van der Waals surface area (Å²) in [6, 6.07) is 10.9. The van der Waals surface area contributed by atoms with Crippen molar-refractivity contribution in [2.45, 2.75) is 31.2 Å². The fraction of sp³-hybridized carbons (Fsp3) is 0.238. The number of halogens is 5. The van der Waals surface area contributed by atoms with Crippen LogP contribution < -0.4 is 10.6 Å². The molecule has 2 aromatic carbocycles. The highest BCUT2D eigenvalue weighted by Crippen LogP contribution is 2.43. The summed E-state index contributed by atoms with van der Waals surface area (Å²) in [6.07, 6.45) is -4.83. The van der Waals surface area contributed by atoms with Crippen molar-refractivity contribution in [3.63, 3.8) is 0 Å². The number of carbonyl (C=O) groups excluding carboxylic acids is 1. The molecule has 1 aliphatic rings. The van der Waals surface area contributed by atoms with Crippen LogP contribution in [0.15, 0.2) is 54.6 Å². The molecule has 162 valence electrons. The molecule has 31 heavy (non-hydrogen) atoms. The van der Waals surface area contributed by atoms with Gasteiger partial charge in [-0.15, -0.1) is 0 Å². The van der Waals surface area contributed by atoms with Crippen LogP contribution >= 0.6 is 11.6 Å². The van der Waals surface area contributed by atoms with E-state index in [9.17, 15) is 22.4 Å². The number of carbonyl (C=O) groups is 1. The van der Waals surface area contributed by atoms with Crippen molar-refractivity contribution in [3.8, 4) is 0 Å². The lowest BCUT2D eigenvalue weighted by Crippen LogP contribution is -2.35. The van der Waals surface area contributed by atoms with Gasteiger partial charge < -0.3 is 10.6 Å². The standard InChI is InChI=1S/C21H17ClF4N4O/c22-14-5-3-13(4-6-14)16-9-18(21(24,25)26)30-19(28-16)10-17(29-30)20(31)27-11-12-1-7-15(23)8-2-12/h1-8,10,16,18,28H,9,11H2,(H,27,31)/t16-,18-/m0/s1. The summed E-state index contributed by atoms with van der Waals surface area (Å²) in [6.45, 7) is 0.0881. The van der Waals surface area contributed by atoms with Crippen LogP contribution in [0, 0.1) is 5.82 Å². The molecule has 0 bridgehead atoms. The third-order valence-electron chi connectivity index (χ3n) is 5.06. The quantitative estimate of drug-likeness (QED) is 0.530. The summed E-state index contributed by atoms with van der Waals surface area (Å²) in [4.78, 5) is 12.5. The Bertz CT molecular complexity index is 1080. The predicted octanol–water partition coefficient (Wildman–Crippen LogP) is 5.27. The molecule has 0 unspecified atom stereocenters. The van der Waals surface area contributed by atoms with E-state index in [1.807, 2.05) is 0 Å². The third kappa shape index (κ3) is 4.66. The second kappa shape index (κ2) is 8.22. The number of rotatable bonds is 4. The highest BCUT2D eigenvalue weighted by molar-refractivity contribution is 6.30. The maximum atomic E-state index is 13.7. The van der Waals surface area contributed by atoms with E-state index < -0.39 is 30.0 Å². The third-order valence-corrected chi connectivity index (χ3v) is 5.31. The van der Waals surface area contributed by atoms with Crippen LogP contribution in [0.1, 0.15) is 40.1 Å². The van der Waals surface area contributed by atoms with Crippen molar-refractivity contribution in [3.05, 3.63) is 82.3 Å². The van der Waals surface area contributed by atoms with Gasteiger partial charge in [0.25, 0.3) is 5.91 Å². The Labute approximate surface area is 180 Å². The zero-order valence-corrected chi connectivity index (χ0v) is 16.7. The lowest BCUT2D eigenvalue weighted by molar-refractivity contribution is -0.173. The molecule has 1 aromatic heterocycles. The van der Waals surface area contributed by atoms with Gasteiger partial charge in [-0.1, -0.05) is 35.9 Å². The normalized spacial score (nSPS) is 18.2. The van der Waals surface area contributed by atoms with E-state index in [-0.39, 0.29) is 24.5 Å². The zero-order chi connectivity index (χ0) is 22.2. The molecule has 0 spiro atoms. The number of benzene rings is 2. The molecule has 1 amide bonds. The Morgan fingerprint density at radius 3 is 2.48 bits per heavy atom. The van der Waals surface area contributed by atoms with Gasteiger partial charge in [-0.3, -0.25) is 4.79 Å². The van der Waals surface area contributed by atoms with E-state index in [1.165, 1.54) is 30.3 Å². The molecule has 0 saturated carbocycles. The summed E-state index contributed by atoms with van der Waals surface area (Å²) in [5.41, 5.74) is 1.15. The highest BCUT2D eigenvalue weighted by atomic mass is 35.5. The van der Waals surface area contributed by atoms with E-state index in [1.54, 1.807) is 24.3 Å². The van der Waals surface area contributed by atoms with Crippen LogP contribution in [-0.4, -0.2) is 21.9 Å². The molecular weight excluding hydrogens is 436 g/mol. The van der Waals surface area contributed by atoms with Crippen LogP contribution in [-0.2, 0) is 6.54 Å². The van der Waals surface area contributed by atoms with E-state index in [2.05, 4.69) is 15.7 Å². The van der Waals surface area contributed by atoms with Gasteiger partial charge in [0.2, 0.25) is 0 Å². The van der Waals surface area contributed by atoms with Crippen molar-refractivity contribution >= 4 is 23.3 Å². The SMILES string of the molecule is O=C(NCc1ccc(F)cc1)c1cc2n(n1)[C@H](C(F)(F)F)C[C@@H](c1ccc(Cl)cc1)N2. The van der Waals surface area contributed by atoms with Gasteiger partial charge in [0.1, 0.15) is 11.6 Å². The molecule has 0 aliphatic carbocycles. The molecular formula is C21H17ClF4N4O. The Morgan fingerprint density at radius 1 is 1.16 bits per heavy atom. The smallest absolute Gasteiger partial charge is 0.363 e.